The SMILES string of the molecule is COc1ccc(C(=O)CC2CCCCC2)cc1OC. The van der Waals surface area contributed by atoms with E-state index in [1.165, 1.54) is 32.1 Å². The number of ether oxygens (including phenoxy) is 2. The monoisotopic (exact) mass is 262 g/mol. The van der Waals surface area contributed by atoms with Crippen LogP contribution in [0.4, 0.5) is 0 Å². The Morgan fingerprint density at radius 1 is 1.11 bits per heavy atom. The molecule has 0 amide bonds. The number of rotatable bonds is 5. The van der Waals surface area contributed by atoms with Crippen molar-refractivity contribution in [1.29, 1.82) is 0 Å². The van der Waals surface area contributed by atoms with Crippen molar-refractivity contribution in [3.63, 3.8) is 0 Å². The number of carbonyl (C=O) groups excluding carboxylic acids is 1. The summed E-state index contributed by atoms with van der Waals surface area (Å²) in [5.41, 5.74) is 0.725. The molecule has 0 bridgehead atoms. The van der Waals surface area contributed by atoms with E-state index < -0.39 is 0 Å². The summed E-state index contributed by atoms with van der Waals surface area (Å²) < 4.78 is 10.4. The lowest BCUT2D eigenvalue weighted by atomic mass is 9.85. The lowest BCUT2D eigenvalue weighted by Gasteiger charge is -2.20. The Bertz CT molecular complexity index is 434. The maximum absolute atomic E-state index is 12.3. The molecule has 0 aliphatic heterocycles. The molecular weight excluding hydrogens is 240 g/mol. The van der Waals surface area contributed by atoms with Crippen molar-refractivity contribution in [2.75, 3.05) is 14.2 Å². The first-order valence-electron chi connectivity index (χ1n) is 7.00. The molecule has 19 heavy (non-hydrogen) atoms. The molecule has 0 unspecified atom stereocenters. The van der Waals surface area contributed by atoms with Gasteiger partial charge in [0.1, 0.15) is 0 Å². The van der Waals surface area contributed by atoms with Gasteiger partial charge in [0.25, 0.3) is 0 Å². The Balaban J connectivity index is 2.05. The van der Waals surface area contributed by atoms with Gasteiger partial charge in [-0.1, -0.05) is 32.1 Å². The number of hydrogen-bond donors (Lipinski definition) is 0. The molecule has 3 heteroatoms. The molecule has 0 saturated heterocycles. The van der Waals surface area contributed by atoms with E-state index >= 15 is 0 Å². The van der Waals surface area contributed by atoms with E-state index in [-0.39, 0.29) is 5.78 Å². The van der Waals surface area contributed by atoms with Crippen molar-refractivity contribution < 1.29 is 14.3 Å². The molecule has 1 aromatic rings. The molecule has 1 aliphatic carbocycles. The molecule has 1 saturated carbocycles. The first kappa shape index (κ1) is 13.9. The summed E-state index contributed by atoms with van der Waals surface area (Å²) in [6.45, 7) is 0. The van der Waals surface area contributed by atoms with Crippen LogP contribution in [0.15, 0.2) is 18.2 Å². The summed E-state index contributed by atoms with van der Waals surface area (Å²) in [7, 11) is 3.19. The highest BCUT2D eigenvalue weighted by Crippen LogP contribution is 2.31. The number of ketones is 1. The molecule has 1 fully saturated rings. The zero-order chi connectivity index (χ0) is 13.7. The average Bonchev–Trinajstić information content (AvgIpc) is 2.47. The van der Waals surface area contributed by atoms with Crippen molar-refractivity contribution >= 4 is 5.78 Å². The molecule has 0 atom stereocenters. The largest absolute Gasteiger partial charge is 0.493 e. The van der Waals surface area contributed by atoms with Gasteiger partial charge in [-0.2, -0.15) is 0 Å². The van der Waals surface area contributed by atoms with Crippen LogP contribution in [0.1, 0.15) is 48.9 Å². The van der Waals surface area contributed by atoms with Crippen molar-refractivity contribution in [2.24, 2.45) is 5.92 Å². The molecule has 3 nitrogen and oxygen atoms in total. The van der Waals surface area contributed by atoms with Crippen LogP contribution in [0, 0.1) is 5.92 Å². The summed E-state index contributed by atoms with van der Waals surface area (Å²) in [4.78, 5) is 12.3. The zero-order valence-electron chi connectivity index (χ0n) is 11.8. The summed E-state index contributed by atoms with van der Waals surface area (Å²) in [5.74, 6) is 2.07. The van der Waals surface area contributed by atoms with Crippen LogP contribution in [-0.4, -0.2) is 20.0 Å². The molecule has 1 aliphatic rings. The Labute approximate surface area is 114 Å². The van der Waals surface area contributed by atoms with Gasteiger partial charge in [-0.25, -0.2) is 0 Å². The van der Waals surface area contributed by atoms with Crippen molar-refractivity contribution in [2.45, 2.75) is 38.5 Å². The zero-order valence-corrected chi connectivity index (χ0v) is 11.8. The normalized spacial score (nSPS) is 16.1. The predicted molar refractivity (Wildman–Crippen MR) is 75.1 cm³/mol. The smallest absolute Gasteiger partial charge is 0.163 e. The minimum Gasteiger partial charge on any atom is -0.493 e. The summed E-state index contributed by atoms with van der Waals surface area (Å²) in [5, 5.41) is 0. The van der Waals surface area contributed by atoms with Crippen molar-refractivity contribution in [3.05, 3.63) is 23.8 Å². The molecule has 0 N–H and O–H groups in total. The highest BCUT2D eigenvalue weighted by molar-refractivity contribution is 5.96. The molecule has 1 aromatic carbocycles. The maximum Gasteiger partial charge on any atom is 0.163 e. The third kappa shape index (κ3) is 3.49. The highest BCUT2D eigenvalue weighted by Gasteiger charge is 2.19. The van der Waals surface area contributed by atoms with Crippen LogP contribution in [0.25, 0.3) is 0 Å². The topological polar surface area (TPSA) is 35.5 Å². The maximum atomic E-state index is 12.3. The molecule has 0 spiro atoms. The summed E-state index contributed by atoms with van der Waals surface area (Å²) in [6.07, 6.45) is 6.91. The van der Waals surface area contributed by atoms with Crippen molar-refractivity contribution in [3.8, 4) is 11.5 Å². The van der Waals surface area contributed by atoms with Crippen LogP contribution < -0.4 is 9.47 Å². The van der Waals surface area contributed by atoms with E-state index in [2.05, 4.69) is 0 Å². The van der Waals surface area contributed by atoms with E-state index in [1.807, 2.05) is 6.07 Å². The van der Waals surface area contributed by atoms with Gasteiger partial charge in [0.2, 0.25) is 0 Å². The van der Waals surface area contributed by atoms with Gasteiger partial charge < -0.3 is 9.47 Å². The number of benzene rings is 1. The van der Waals surface area contributed by atoms with Crippen LogP contribution in [0.2, 0.25) is 0 Å². The quantitative estimate of drug-likeness (QED) is 0.756. The molecule has 104 valence electrons. The van der Waals surface area contributed by atoms with Crippen LogP contribution in [-0.2, 0) is 0 Å². The fraction of sp³-hybridized carbons (Fsp3) is 0.562. The van der Waals surface area contributed by atoms with E-state index in [0.717, 1.165) is 5.56 Å². The lowest BCUT2D eigenvalue weighted by Crippen LogP contribution is -2.12. The van der Waals surface area contributed by atoms with Crippen LogP contribution in [0.3, 0.4) is 0 Å². The van der Waals surface area contributed by atoms with E-state index in [4.69, 9.17) is 9.47 Å². The van der Waals surface area contributed by atoms with Gasteiger partial charge in [0, 0.05) is 12.0 Å². The second-order valence-corrected chi connectivity index (χ2v) is 5.20. The molecule has 0 heterocycles. The molecular formula is C16H22O3. The lowest BCUT2D eigenvalue weighted by molar-refractivity contribution is 0.0950. The summed E-state index contributed by atoms with van der Waals surface area (Å²) >= 11 is 0. The molecule has 2 rings (SSSR count). The fourth-order valence-corrected chi connectivity index (χ4v) is 2.78. The minimum absolute atomic E-state index is 0.216. The third-order valence-corrected chi connectivity index (χ3v) is 3.90. The van der Waals surface area contributed by atoms with Crippen molar-refractivity contribution in [1.82, 2.24) is 0 Å². The Kier molecular flexibility index (Phi) is 4.83. The van der Waals surface area contributed by atoms with Gasteiger partial charge in [-0.05, 0) is 24.1 Å². The molecule has 0 radical (unpaired) electrons. The van der Waals surface area contributed by atoms with Gasteiger partial charge in [0.15, 0.2) is 17.3 Å². The molecule has 0 aromatic heterocycles. The first-order chi connectivity index (χ1) is 9.24. The van der Waals surface area contributed by atoms with E-state index in [1.54, 1.807) is 26.4 Å². The second-order valence-electron chi connectivity index (χ2n) is 5.20. The first-order valence-corrected chi connectivity index (χ1v) is 7.00. The standard InChI is InChI=1S/C16H22O3/c1-18-15-9-8-13(11-16(15)19-2)14(17)10-12-6-4-3-5-7-12/h8-9,11-12H,3-7,10H2,1-2H3. The second kappa shape index (κ2) is 6.60. The van der Waals surface area contributed by atoms with Crippen LogP contribution in [0.5, 0.6) is 11.5 Å². The average molecular weight is 262 g/mol. The van der Waals surface area contributed by atoms with E-state index in [9.17, 15) is 4.79 Å². The van der Waals surface area contributed by atoms with E-state index in [0.29, 0.717) is 23.8 Å². The minimum atomic E-state index is 0.216. The number of hydrogen-bond acceptors (Lipinski definition) is 3. The Morgan fingerprint density at radius 3 is 2.42 bits per heavy atom. The van der Waals surface area contributed by atoms with Crippen LogP contribution >= 0.6 is 0 Å². The van der Waals surface area contributed by atoms with Gasteiger partial charge in [-0.15, -0.1) is 0 Å². The highest BCUT2D eigenvalue weighted by atomic mass is 16.5. The van der Waals surface area contributed by atoms with Gasteiger partial charge in [0.05, 0.1) is 14.2 Å². The number of Topliss-reactive ketones (excluding diaryl/α,β-unsaturated/α-hetero) is 1. The number of methoxy groups -OCH3 is 2. The van der Waals surface area contributed by atoms with Gasteiger partial charge in [-0.3, -0.25) is 4.79 Å². The third-order valence-electron chi connectivity index (χ3n) is 3.90. The Hall–Kier alpha value is -1.51. The Morgan fingerprint density at radius 2 is 1.79 bits per heavy atom. The summed E-state index contributed by atoms with van der Waals surface area (Å²) in [6, 6.07) is 5.41. The predicted octanol–water partition coefficient (Wildman–Crippen LogP) is 3.86. The fourth-order valence-electron chi connectivity index (χ4n) is 2.78. The number of carbonyl (C=O) groups is 1. The van der Waals surface area contributed by atoms with Gasteiger partial charge >= 0.3 is 0 Å².